The zero-order valence-corrected chi connectivity index (χ0v) is 14.3. The summed E-state index contributed by atoms with van der Waals surface area (Å²) in [5.74, 6) is -0.745. The lowest BCUT2D eigenvalue weighted by Crippen LogP contribution is -2.36. The number of hydrogen-bond acceptors (Lipinski definition) is 2. The Morgan fingerprint density at radius 1 is 0.905 bits per heavy atom. The van der Waals surface area contributed by atoms with Crippen molar-refractivity contribution in [2.24, 2.45) is 0 Å². The Morgan fingerprint density at radius 3 is 2.00 bits per heavy atom. The lowest BCUT2D eigenvalue weighted by molar-refractivity contribution is 0.0646. The fraction of sp³-hybridized carbons (Fsp3) is 0.286. The minimum Gasteiger partial charge on any atom is -0.386 e. The molecule has 2 rings (SSSR count). The van der Waals surface area contributed by atoms with Crippen LogP contribution in [0.4, 0.5) is 0 Å². The van der Waals surface area contributed by atoms with Gasteiger partial charge in [0.15, 0.2) is 0 Å². The molecule has 2 nitrogen and oxygen atoms in total. The first-order valence-electron chi connectivity index (χ1n) is 5.97. The van der Waals surface area contributed by atoms with Gasteiger partial charge in [0.1, 0.15) is 12.2 Å². The normalized spacial score (nSPS) is 24.3. The molecule has 0 aromatic heterocycles. The molecule has 1 aromatic carbocycles. The molecular formula is C14H11Cl5O2. The van der Waals surface area contributed by atoms with Gasteiger partial charge in [0.25, 0.3) is 0 Å². The topological polar surface area (TPSA) is 40.5 Å². The van der Waals surface area contributed by atoms with Crippen molar-refractivity contribution in [3.05, 3.63) is 57.6 Å². The van der Waals surface area contributed by atoms with Gasteiger partial charge in [-0.1, -0.05) is 76.2 Å². The van der Waals surface area contributed by atoms with E-state index in [1.54, 1.807) is 30.3 Å². The molecule has 0 bridgehead atoms. The SMILES string of the molecule is O[C@@H]1C(Cl)=CC=C(C(c2ccc(Cl)cc2)C(Cl)(Cl)Cl)[C@@H]1O. The van der Waals surface area contributed by atoms with Gasteiger partial charge in [0.05, 0.1) is 5.92 Å². The summed E-state index contributed by atoms with van der Waals surface area (Å²) in [5, 5.41) is 20.8. The first-order valence-corrected chi connectivity index (χ1v) is 7.86. The number of allylic oxidation sites excluding steroid dienone is 2. The van der Waals surface area contributed by atoms with Gasteiger partial charge in [-0.15, -0.1) is 0 Å². The summed E-state index contributed by atoms with van der Waals surface area (Å²) in [6.45, 7) is 0. The number of halogens is 5. The van der Waals surface area contributed by atoms with E-state index >= 15 is 0 Å². The maximum atomic E-state index is 10.2. The van der Waals surface area contributed by atoms with E-state index < -0.39 is 21.9 Å². The second kappa shape index (κ2) is 6.67. The summed E-state index contributed by atoms with van der Waals surface area (Å²) in [4.78, 5) is 0. The first kappa shape index (κ1) is 17.4. The van der Waals surface area contributed by atoms with Crippen LogP contribution in [-0.4, -0.2) is 26.2 Å². The third-order valence-corrected chi connectivity index (χ3v) is 4.48. The summed E-state index contributed by atoms with van der Waals surface area (Å²) in [7, 11) is 0. The van der Waals surface area contributed by atoms with Gasteiger partial charge in [-0.2, -0.15) is 0 Å². The molecule has 1 aromatic rings. The number of rotatable bonds is 2. The van der Waals surface area contributed by atoms with Crippen molar-refractivity contribution < 1.29 is 10.2 Å². The molecule has 0 fully saturated rings. The smallest absolute Gasteiger partial charge is 0.201 e. The number of aliphatic hydroxyl groups excluding tert-OH is 2. The van der Waals surface area contributed by atoms with Gasteiger partial charge < -0.3 is 10.2 Å². The summed E-state index contributed by atoms with van der Waals surface area (Å²) < 4.78 is -1.71. The summed E-state index contributed by atoms with van der Waals surface area (Å²) in [6, 6.07) is 6.73. The number of aliphatic hydroxyl groups is 2. The Bertz CT molecular complexity index is 574. The monoisotopic (exact) mass is 386 g/mol. The predicted octanol–water partition coefficient (Wildman–Crippen LogP) is 4.58. The summed E-state index contributed by atoms with van der Waals surface area (Å²) in [5.41, 5.74) is 1.03. The third kappa shape index (κ3) is 3.89. The fourth-order valence-corrected chi connectivity index (χ4v) is 3.26. The van der Waals surface area contributed by atoms with Crippen LogP contribution >= 0.6 is 58.0 Å². The van der Waals surface area contributed by atoms with E-state index in [4.69, 9.17) is 58.0 Å². The van der Waals surface area contributed by atoms with Crippen LogP contribution in [0, 0.1) is 0 Å². The average Bonchev–Trinajstić information content (AvgIpc) is 2.40. The Hall–Kier alpha value is 0.0700. The molecule has 0 saturated heterocycles. The molecular weight excluding hydrogens is 377 g/mol. The Kier molecular flexibility index (Phi) is 5.54. The van der Waals surface area contributed by atoms with Crippen molar-refractivity contribution >= 4 is 58.0 Å². The van der Waals surface area contributed by atoms with E-state index in [-0.39, 0.29) is 5.03 Å². The van der Waals surface area contributed by atoms with Gasteiger partial charge in [-0.05, 0) is 29.3 Å². The highest BCUT2D eigenvalue weighted by atomic mass is 35.6. The Labute approximate surface area is 147 Å². The number of hydrogen-bond donors (Lipinski definition) is 2. The van der Waals surface area contributed by atoms with Crippen LogP contribution in [0.1, 0.15) is 11.5 Å². The maximum absolute atomic E-state index is 10.2. The molecule has 2 N–H and O–H groups in total. The molecule has 1 unspecified atom stereocenters. The number of benzene rings is 1. The van der Waals surface area contributed by atoms with Crippen LogP contribution in [-0.2, 0) is 0 Å². The molecule has 7 heteroatoms. The molecule has 0 saturated carbocycles. The van der Waals surface area contributed by atoms with E-state index in [0.717, 1.165) is 0 Å². The van der Waals surface area contributed by atoms with Crippen LogP contribution in [0.2, 0.25) is 5.02 Å². The lowest BCUT2D eigenvalue weighted by atomic mass is 9.84. The van der Waals surface area contributed by atoms with Gasteiger partial charge >= 0.3 is 0 Å². The standard InChI is InChI=1S/C14H11Cl5O2/c15-8-3-1-7(2-4-8)11(14(17,18)19)9-5-6-10(16)13(21)12(9)20/h1-6,11-13,20-21H/t11?,12-,13+/m0/s1. The molecule has 0 heterocycles. The van der Waals surface area contributed by atoms with E-state index in [2.05, 4.69) is 0 Å². The predicted molar refractivity (Wildman–Crippen MR) is 88.5 cm³/mol. The van der Waals surface area contributed by atoms with Gasteiger partial charge in [-0.3, -0.25) is 0 Å². The van der Waals surface area contributed by atoms with E-state index in [1.165, 1.54) is 6.08 Å². The van der Waals surface area contributed by atoms with Gasteiger partial charge in [-0.25, -0.2) is 0 Å². The van der Waals surface area contributed by atoms with Crippen molar-refractivity contribution in [1.82, 2.24) is 0 Å². The molecule has 0 spiro atoms. The molecule has 21 heavy (non-hydrogen) atoms. The van der Waals surface area contributed by atoms with Crippen molar-refractivity contribution in [3.63, 3.8) is 0 Å². The van der Waals surface area contributed by atoms with E-state index in [1.807, 2.05) is 0 Å². The molecule has 1 aliphatic rings. The zero-order valence-electron chi connectivity index (χ0n) is 10.5. The van der Waals surface area contributed by atoms with Crippen LogP contribution in [0.5, 0.6) is 0 Å². The van der Waals surface area contributed by atoms with Crippen LogP contribution in [0.15, 0.2) is 47.0 Å². The number of alkyl halides is 3. The lowest BCUT2D eigenvalue weighted by Gasteiger charge is -2.33. The van der Waals surface area contributed by atoms with Crippen molar-refractivity contribution in [1.29, 1.82) is 0 Å². The quantitative estimate of drug-likeness (QED) is 0.728. The molecule has 3 atom stereocenters. The molecule has 0 amide bonds. The molecule has 0 radical (unpaired) electrons. The van der Waals surface area contributed by atoms with Crippen LogP contribution < -0.4 is 0 Å². The Balaban J connectivity index is 2.50. The Morgan fingerprint density at radius 2 is 1.48 bits per heavy atom. The van der Waals surface area contributed by atoms with E-state index in [9.17, 15) is 10.2 Å². The largest absolute Gasteiger partial charge is 0.386 e. The average molecular weight is 389 g/mol. The van der Waals surface area contributed by atoms with Gasteiger partial charge in [0.2, 0.25) is 3.79 Å². The van der Waals surface area contributed by atoms with Crippen LogP contribution in [0.3, 0.4) is 0 Å². The second-order valence-corrected chi connectivity index (χ2v) is 7.88. The first-order chi connectivity index (χ1) is 9.71. The van der Waals surface area contributed by atoms with Gasteiger partial charge in [0, 0.05) is 10.1 Å². The molecule has 1 aliphatic carbocycles. The van der Waals surface area contributed by atoms with Crippen molar-refractivity contribution in [2.75, 3.05) is 0 Å². The highest BCUT2D eigenvalue weighted by Crippen LogP contribution is 2.48. The third-order valence-electron chi connectivity index (χ3n) is 3.22. The fourth-order valence-electron chi connectivity index (χ4n) is 2.20. The molecule has 114 valence electrons. The highest BCUT2D eigenvalue weighted by Gasteiger charge is 2.41. The maximum Gasteiger partial charge on any atom is 0.201 e. The second-order valence-electron chi connectivity index (χ2n) is 4.63. The summed E-state index contributed by atoms with van der Waals surface area (Å²) >= 11 is 29.9. The minimum absolute atomic E-state index is 0.130. The molecule has 0 aliphatic heterocycles. The zero-order chi connectivity index (χ0) is 15.8. The van der Waals surface area contributed by atoms with E-state index in [0.29, 0.717) is 16.2 Å². The highest BCUT2D eigenvalue weighted by molar-refractivity contribution is 6.68. The van der Waals surface area contributed by atoms with Crippen molar-refractivity contribution in [2.45, 2.75) is 21.9 Å². The van der Waals surface area contributed by atoms with Crippen molar-refractivity contribution in [3.8, 4) is 0 Å². The summed E-state index contributed by atoms with van der Waals surface area (Å²) in [6.07, 6.45) is 0.543. The van der Waals surface area contributed by atoms with Crippen LogP contribution in [0.25, 0.3) is 0 Å². The minimum atomic E-state index is -1.71.